The molecule has 7 nitrogen and oxygen atoms in total. The molecule has 1 aliphatic heterocycles. The summed E-state index contributed by atoms with van der Waals surface area (Å²) in [5.41, 5.74) is 6.94. The lowest BCUT2D eigenvalue weighted by Crippen LogP contribution is -2.38. The average Bonchev–Trinajstić information content (AvgIpc) is 3.56. The maximum absolute atomic E-state index is 14.1. The zero-order valence-corrected chi connectivity index (χ0v) is 23.0. The van der Waals surface area contributed by atoms with Gasteiger partial charge in [-0.05, 0) is 74.4 Å². The number of para-hydroxylation sites is 1. The Hall–Kier alpha value is -4.78. The summed E-state index contributed by atoms with van der Waals surface area (Å²) >= 11 is 0. The third-order valence-electron chi connectivity index (χ3n) is 7.37. The van der Waals surface area contributed by atoms with Gasteiger partial charge >= 0.3 is 6.03 Å². The lowest BCUT2D eigenvalue weighted by molar-refractivity contribution is 0.194. The van der Waals surface area contributed by atoms with Crippen LogP contribution < -0.4 is 10.1 Å². The Morgan fingerprint density at radius 3 is 2.40 bits per heavy atom. The minimum Gasteiger partial charge on any atom is -0.494 e. The van der Waals surface area contributed by atoms with Crippen LogP contribution in [0.5, 0.6) is 5.75 Å². The van der Waals surface area contributed by atoms with Gasteiger partial charge in [-0.25, -0.2) is 9.48 Å². The molecule has 2 amide bonds. The van der Waals surface area contributed by atoms with E-state index in [4.69, 9.17) is 9.84 Å². The molecule has 2 aromatic heterocycles. The summed E-state index contributed by atoms with van der Waals surface area (Å²) in [6.07, 6.45) is 2.83. The van der Waals surface area contributed by atoms with Crippen molar-refractivity contribution in [1.29, 1.82) is 0 Å². The SMILES string of the molecule is CCOc1ccc(NC(=O)N2Cc3c(CC)nn(-c4ccccc4)c3-n3cccc3[C@@H]2c2ccc(C)cc2)cc1. The van der Waals surface area contributed by atoms with Crippen molar-refractivity contribution in [2.45, 2.75) is 39.8 Å². The predicted octanol–water partition coefficient (Wildman–Crippen LogP) is 7.07. The highest BCUT2D eigenvalue weighted by Gasteiger charge is 2.36. The van der Waals surface area contributed by atoms with E-state index in [1.165, 1.54) is 5.56 Å². The summed E-state index contributed by atoms with van der Waals surface area (Å²) in [6, 6.07) is 29.8. The van der Waals surface area contributed by atoms with Gasteiger partial charge in [0.2, 0.25) is 0 Å². The molecule has 0 bridgehead atoms. The summed E-state index contributed by atoms with van der Waals surface area (Å²) in [6.45, 7) is 7.15. The lowest BCUT2D eigenvalue weighted by Gasteiger charge is -2.31. The first-order valence-corrected chi connectivity index (χ1v) is 13.8. The van der Waals surface area contributed by atoms with E-state index in [2.05, 4.69) is 72.4 Å². The Morgan fingerprint density at radius 2 is 1.70 bits per heavy atom. The number of benzene rings is 3. The molecule has 1 atom stereocenters. The molecule has 0 radical (unpaired) electrons. The van der Waals surface area contributed by atoms with Crippen molar-refractivity contribution in [3.8, 4) is 17.3 Å². The molecule has 40 heavy (non-hydrogen) atoms. The standard InChI is InChI=1S/C33H33N5O2/c1-4-29-28-22-37(33(39)34-25-17-19-27(20-18-25)40-5-2)31(24-15-13-23(3)14-16-24)30-12-9-21-36(30)32(28)38(35-29)26-10-7-6-8-11-26/h6-21,31H,4-5,22H2,1-3H3,(H,34,39)/t31-/m0/s1. The number of carbonyl (C=O) groups excluding carboxylic acids is 1. The van der Waals surface area contributed by atoms with Crippen LogP contribution >= 0.6 is 0 Å². The van der Waals surface area contributed by atoms with Crippen molar-refractivity contribution in [3.63, 3.8) is 0 Å². The number of nitrogens with zero attached hydrogens (tertiary/aromatic N) is 4. The Labute approximate surface area is 234 Å². The summed E-state index contributed by atoms with van der Waals surface area (Å²) < 4.78 is 9.79. The van der Waals surface area contributed by atoms with Crippen molar-refractivity contribution in [1.82, 2.24) is 19.2 Å². The van der Waals surface area contributed by atoms with Gasteiger partial charge < -0.3 is 19.5 Å². The summed E-state index contributed by atoms with van der Waals surface area (Å²) in [5, 5.41) is 8.18. The molecule has 3 heterocycles. The van der Waals surface area contributed by atoms with Crippen LogP contribution in [0, 0.1) is 6.92 Å². The smallest absolute Gasteiger partial charge is 0.322 e. The Kier molecular flexibility index (Phi) is 6.86. The highest BCUT2D eigenvalue weighted by atomic mass is 16.5. The number of hydrogen-bond acceptors (Lipinski definition) is 3. The average molecular weight is 532 g/mol. The van der Waals surface area contributed by atoms with Crippen molar-refractivity contribution in [2.24, 2.45) is 0 Å². The number of urea groups is 1. The van der Waals surface area contributed by atoms with Crippen LogP contribution in [0.4, 0.5) is 10.5 Å². The van der Waals surface area contributed by atoms with Crippen LogP contribution in [0.2, 0.25) is 0 Å². The molecule has 7 heteroatoms. The van der Waals surface area contributed by atoms with Gasteiger partial charge in [0.15, 0.2) is 0 Å². The molecule has 1 N–H and O–H groups in total. The molecule has 0 fully saturated rings. The summed E-state index contributed by atoms with van der Waals surface area (Å²) in [7, 11) is 0. The van der Waals surface area contributed by atoms with E-state index in [9.17, 15) is 4.79 Å². The normalized spacial score (nSPS) is 14.3. The number of fused-ring (bicyclic) bond motifs is 3. The molecular formula is C33H33N5O2. The van der Waals surface area contributed by atoms with E-state index in [1.807, 2.05) is 65.0 Å². The molecule has 0 saturated heterocycles. The monoisotopic (exact) mass is 531 g/mol. The third kappa shape index (κ3) is 4.64. The summed E-state index contributed by atoms with van der Waals surface area (Å²) in [5.74, 6) is 1.74. The van der Waals surface area contributed by atoms with Gasteiger partial charge in [0.25, 0.3) is 0 Å². The van der Waals surface area contributed by atoms with Crippen LogP contribution in [0.1, 0.15) is 48.0 Å². The van der Waals surface area contributed by atoms with E-state index < -0.39 is 0 Å². The van der Waals surface area contributed by atoms with Gasteiger partial charge in [-0.1, -0.05) is 55.0 Å². The maximum Gasteiger partial charge on any atom is 0.322 e. The lowest BCUT2D eigenvalue weighted by atomic mass is 10.0. The number of carbonyl (C=O) groups is 1. The third-order valence-corrected chi connectivity index (χ3v) is 7.37. The Morgan fingerprint density at radius 1 is 0.950 bits per heavy atom. The zero-order valence-electron chi connectivity index (χ0n) is 23.0. The molecule has 1 aliphatic rings. The molecule has 6 rings (SSSR count). The highest BCUT2D eigenvalue weighted by molar-refractivity contribution is 5.90. The van der Waals surface area contributed by atoms with Crippen molar-refractivity contribution < 1.29 is 9.53 Å². The molecule has 0 unspecified atom stereocenters. The maximum atomic E-state index is 14.1. The number of ether oxygens (including phenoxy) is 1. The molecule has 0 aliphatic carbocycles. The first-order valence-electron chi connectivity index (χ1n) is 13.8. The molecule has 0 spiro atoms. The number of anilines is 1. The van der Waals surface area contributed by atoms with Gasteiger partial charge in [-0.15, -0.1) is 0 Å². The Bertz CT molecular complexity index is 1620. The first kappa shape index (κ1) is 25.5. The van der Waals surface area contributed by atoms with Crippen molar-refractivity contribution in [2.75, 3.05) is 11.9 Å². The van der Waals surface area contributed by atoms with Crippen LogP contribution in [-0.2, 0) is 13.0 Å². The first-order chi connectivity index (χ1) is 19.6. The van der Waals surface area contributed by atoms with E-state index >= 15 is 0 Å². The van der Waals surface area contributed by atoms with Gasteiger partial charge in [0, 0.05) is 17.4 Å². The second-order valence-corrected chi connectivity index (χ2v) is 9.98. The number of aromatic nitrogens is 3. The molecule has 3 aromatic carbocycles. The molecule has 0 saturated carbocycles. The van der Waals surface area contributed by atoms with Crippen LogP contribution in [-0.4, -0.2) is 31.9 Å². The van der Waals surface area contributed by atoms with E-state index in [1.54, 1.807) is 0 Å². The molecular weight excluding hydrogens is 498 g/mol. The van der Waals surface area contributed by atoms with Crippen LogP contribution in [0.15, 0.2) is 97.2 Å². The van der Waals surface area contributed by atoms with Gasteiger partial charge in [-0.3, -0.25) is 0 Å². The summed E-state index contributed by atoms with van der Waals surface area (Å²) in [4.78, 5) is 16.1. The fourth-order valence-electron chi connectivity index (χ4n) is 5.44. The Balaban J connectivity index is 1.49. The topological polar surface area (TPSA) is 64.3 Å². The minimum absolute atomic E-state index is 0.176. The number of amides is 2. The van der Waals surface area contributed by atoms with Gasteiger partial charge in [0.05, 0.1) is 36.3 Å². The van der Waals surface area contributed by atoms with Crippen molar-refractivity contribution >= 4 is 11.7 Å². The molecule has 5 aromatic rings. The predicted molar refractivity (Wildman–Crippen MR) is 157 cm³/mol. The number of aryl methyl sites for hydroxylation is 2. The van der Waals surface area contributed by atoms with Crippen LogP contribution in [0.3, 0.4) is 0 Å². The van der Waals surface area contributed by atoms with E-state index in [-0.39, 0.29) is 12.1 Å². The van der Waals surface area contributed by atoms with Gasteiger partial charge in [0.1, 0.15) is 11.6 Å². The fraction of sp³-hybridized carbons (Fsp3) is 0.212. The van der Waals surface area contributed by atoms with Crippen LogP contribution in [0.25, 0.3) is 11.5 Å². The highest BCUT2D eigenvalue weighted by Crippen LogP contribution is 2.39. The zero-order chi connectivity index (χ0) is 27.6. The van der Waals surface area contributed by atoms with Crippen molar-refractivity contribution in [3.05, 3.63) is 125 Å². The van der Waals surface area contributed by atoms with E-state index in [0.29, 0.717) is 18.8 Å². The van der Waals surface area contributed by atoms with Gasteiger partial charge in [-0.2, -0.15) is 5.10 Å². The second kappa shape index (κ2) is 10.8. The minimum atomic E-state index is -0.306. The number of rotatable bonds is 6. The number of hydrogen-bond donors (Lipinski definition) is 1. The largest absolute Gasteiger partial charge is 0.494 e. The second-order valence-electron chi connectivity index (χ2n) is 9.98. The fourth-order valence-corrected chi connectivity index (χ4v) is 5.44. The van der Waals surface area contributed by atoms with E-state index in [0.717, 1.165) is 46.2 Å². The molecule has 202 valence electrons. The quantitative estimate of drug-likeness (QED) is 0.255. The number of nitrogens with one attached hydrogen (secondary N) is 1.